The molecule has 0 unspecified atom stereocenters. The number of carbonyl (C=O) groups is 1. The number of amides is 1. The smallest absolute Gasteiger partial charge is 0.251 e. The lowest BCUT2D eigenvalue weighted by Crippen LogP contribution is -2.23. The Balaban J connectivity index is 1.61. The SMILES string of the molecule is O=C(NCc1c(O)c(Cl)cc(Cl)c1Cl)c1ccc(COc2ccccc2)cc1. The molecule has 0 radical (unpaired) electrons. The maximum atomic E-state index is 12.4. The monoisotopic (exact) mass is 435 g/mol. The maximum absolute atomic E-state index is 12.4. The van der Waals surface area contributed by atoms with Crippen LogP contribution in [0.2, 0.25) is 15.1 Å². The van der Waals surface area contributed by atoms with Gasteiger partial charge in [0.2, 0.25) is 0 Å². The standard InChI is InChI=1S/C21H16Cl3NO3/c22-17-10-18(23)20(26)16(19(17)24)11-25-21(27)14-8-6-13(7-9-14)12-28-15-4-2-1-3-5-15/h1-10,26H,11-12H2,(H,25,27). The van der Waals surface area contributed by atoms with Gasteiger partial charge in [-0.1, -0.05) is 65.1 Å². The lowest BCUT2D eigenvalue weighted by Gasteiger charge is -2.12. The number of nitrogens with one attached hydrogen (secondary N) is 1. The van der Waals surface area contributed by atoms with Crippen molar-refractivity contribution in [3.8, 4) is 11.5 Å². The van der Waals surface area contributed by atoms with E-state index >= 15 is 0 Å². The molecule has 0 atom stereocenters. The van der Waals surface area contributed by atoms with Gasteiger partial charge in [-0.25, -0.2) is 0 Å². The second-order valence-corrected chi connectivity index (χ2v) is 7.16. The lowest BCUT2D eigenvalue weighted by molar-refractivity contribution is 0.0950. The van der Waals surface area contributed by atoms with Gasteiger partial charge >= 0.3 is 0 Å². The van der Waals surface area contributed by atoms with E-state index in [9.17, 15) is 9.90 Å². The average molecular weight is 437 g/mol. The third-order valence-electron chi connectivity index (χ3n) is 4.03. The highest BCUT2D eigenvalue weighted by atomic mass is 35.5. The fraction of sp³-hybridized carbons (Fsp3) is 0.0952. The van der Waals surface area contributed by atoms with E-state index in [1.807, 2.05) is 42.5 Å². The second kappa shape index (κ2) is 9.20. The first kappa shape index (κ1) is 20.3. The summed E-state index contributed by atoms with van der Waals surface area (Å²) in [5, 5.41) is 13.2. The van der Waals surface area contributed by atoms with Crippen molar-refractivity contribution in [3.63, 3.8) is 0 Å². The molecule has 1 amide bonds. The van der Waals surface area contributed by atoms with Crippen LogP contribution in [0, 0.1) is 0 Å². The largest absolute Gasteiger partial charge is 0.506 e. The molecule has 0 bridgehead atoms. The number of phenols is 1. The molecule has 0 saturated heterocycles. The Bertz CT molecular complexity index is 950. The summed E-state index contributed by atoms with van der Waals surface area (Å²) >= 11 is 18.0. The van der Waals surface area contributed by atoms with Gasteiger partial charge in [0, 0.05) is 17.7 Å². The number of ether oxygens (including phenoxy) is 1. The summed E-state index contributed by atoms with van der Waals surface area (Å²) < 4.78 is 5.68. The first-order chi connectivity index (χ1) is 13.5. The van der Waals surface area contributed by atoms with Crippen LogP contribution >= 0.6 is 34.8 Å². The number of benzene rings is 3. The van der Waals surface area contributed by atoms with Gasteiger partial charge in [0.05, 0.1) is 15.1 Å². The summed E-state index contributed by atoms with van der Waals surface area (Å²) in [6.07, 6.45) is 0. The van der Waals surface area contributed by atoms with Crippen molar-refractivity contribution in [3.05, 3.63) is 92.4 Å². The molecule has 0 saturated carbocycles. The minimum absolute atomic E-state index is 0.0113. The quantitative estimate of drug-likeness (QED) is 0.476. The molecule has 3 aromatic rings. The minimum Gasteiger partial charge on any atom is -0.506 e. The molecule has 4 nitrogen and oxygen atoms in total. The van der Waals surface area contributed by atoms with Crippen molar-refractivity contribution >= 4 is 40.7 Å². The molecular weight excluding hydrogens is 421 g/mol. The van der Waals surface area contributed by atoms with E-state index in [1.54, 1.807) is 12.1 Å². The van der Waals surface area contributed by atoms with E-state index in [0.717, 1.165) is 11.3 Å². The molecule has 0 aliphatic carbocycles. The molecule has 0 spiro atoms. The van der Waals surface area contributed by atoms with Crippen molar-refractivity contribution in [2.75, 3.05) is 0 Å². The van der Waals surface area contributed by atoms with Crippen LogP contribution in [0.1, 0.15) is 21.5 Å². The van der Waals surface area contributed by atoms with Gasteiger partial charge in [0.1, 0.15) is 18.1 Å². The van der Waals surface area contributed by atoms with Gasteiger partial charge in [-0.05, 0) is 35.9 Å². The Morgan fingerprint density at radius 1 is 0.964 bits per heavy atom. The van der Waals surface area contributed by atoms with Gasteiger partial charge in [-0.15, -0.1) is 0 Å². The zero-order valence-electron chi connectivity index (χ0n) is 14.6. The number of halogens is 3. The Hall–Kier alpha value is -2.40. The van der Waals surface area contributed by atoms with Gasteiger partial charge in [-0.3, -0.25) is 4.79 Å². The molecule has 3 rings (SSSR count). The van der Waals surface area contributed by atoms with E-state index < -0.39 is 0 Å². The third kappa shape index (κ3) is 4.90. The van der Waals surface area contributed by atoms with Crippen molar-refractivity contribution in [2.45, 2.75) is 13.2 Å². The summed E-state index contributed by atoms with van der Waals surface area (Å²) in [4.78, 5) is 12.4. The van der Waals surface area contributed by atoms with Crippen LogP contribution in [0.4, 0.5) is 0 Å². The molecule has 7 heteroatoms. The molecule has 0 aliphatic rings. The van der Waals surface area contributed by atoms with Gasteiger partial charge in [-0.2, -0.15) is 0 Å². The zero-order chi connectivity index (χ0) is 20.1. The Kier molecular flexibility index (Phi) is 6.68. The molecule has 0 heterocycles. The van der Waals surface area contributed by atoms with Crippen molar-refractivity contribution in [1.29, 1.82) is 0 Å². The van der Waals surface area contributed by atoms with E-state index in [-0.39, 0.29) is 38.8 Å². The third-order valence-corrected chi connectivity index (χ3v) is 5.15. The molecule has 0 aromatic heterocycles. The Labute approximate surface area is 177 Å². The predicted octanol–water partition coefficient (Wildman–Crippen LogP) is 5.86. The van der Waals surface area contributed by atoms with Gasteiger partial charge < -0.3 is 15.2 Å². The van der Waals surface area contributed by atoms with Crippen LogP contribution in [0.15, 0.2) is 60.7 Å². The molecule has 0 fully saturated rings. The first-order valence-electron chi connectivity index (χ1n) is 8.36. The Morgan fingerprint density at radius 2 is 1.64 bits per heavy atom. The van der Waals surface area contributed by atoms with Crippen LogP contribution in [0.5, 0.6) is 11.5 Å². The van der Waals surface area contributed by atoms with E-state index in [4.69, 9.17) is 39.5 Å². The summed E-state index contributed by atoms with van der Waals surface area (Å²) in [6, 6.07) is 17.9. The van der Waals surface area contributed by atoms with Crippen molar-refractivity contribution in [1.82, 2.24) is 5.32 Å². The number of hydrogen-bond donors (Lipinski definition) is 2. The normalized spacial score (nSPS) is 10.5. The van der Waals surface area contributed by atoms with Crippen LogP contribution in [-0.4, -0.2) is 11.0 Å². The van der Waals surface area contributed by atoms with Crippen LogP contribution < -0.4 is 10.1 Å². The first-order valence-corrected chi connectivity index (χ1v) is 9.49. The van der Waals surface area contributed by atoms with Gasteiger partial charge in [0.25, 0.3) is 5.91 Å². The molecule has 2 N–H and O–H groups in total. The number of rotatable bonds is 6. The number of phenolic OH excluding ortho intramolecular Hbond substituents is 1. The minimum atomic E-state index is -0.318. The summed E-state index contributed by atoms with van der Waals surface area (Å²) in [7, 11) is 0. The van der Waals surface area contributed by atoms with Crippen LogP contribution in [0.3, 0.4) is 0 Å². The van der Waals surface area contributed by atoms with E-state index in [1.165, 1.54) is 6.07 Å². The van der Waals surface area contributed by atoms with Crippen LogP contribution in [0.25, 0.3) is 0 Å². The summed E-state index contributed by atoms with van der Waals surface area (Å²) in [5.41, 5.74) is 1.66. The predicted molar refractivity (Wildman–Crippen MR) is 112 cm³/mol. The molecular formula is C21H16Cl3NO3. The molecule has 3 aromatic carbocycles. The fourth-order valence-corrected chi connectivity index (χ4v) is 3.22. The molecule has 28 heavy (non-hydrogen) atoms. The summed E-state index contributed by atoms with van der Waals surface area (Å²) in [5.74, 6) is 0.257. The number of para-hydroxylation sites is 1. The fourth-order valence-electron chi connectivity index (χ4n) is 2.50. The highest BCUT2D eigenvalue weighted by Crippen LogP contribution is 2.38. The van der Waals surface area contributed by atoms with Crippen LogP contribution in [-0.2, 0) is 13.2 Å². The maximum Gasteiger partial charge on any atom is 0.251 e. The highest BCUT2D eigenvalue weighted by Gasteiger charge is 2.16. The molecule has 144 valence electrons. The van der Waals surface area contributed by atoms with Crippen molar-refractivity contribution < 1.29 is 14.6 Å². The van der Waals surface area contributed by atoms with E-state index in [0.29, 0.717) is 12.2 Å². The topological polar surface area (TPSA) is 58.6 Å². The van der Waals surface area contributed by atoms with Crippen molar-refractivity contribution in [2.24, 2.45) is 0 Å². The number of aromatic hydroxyl groups is 1. The highest BCUT2D eigenvalue weighted by molar-refractivity contribution is 6.44. The molecule has 0 aliphatic heterocycles. The van der Waals surface area contributed by atoms with E-state index in [2.05, 4.69) is 5.32 Å². The number of hydrogen-bond acceptors (Lipinski definition) is 3. The number of carbonyl (C=O) groups excluding carboxylic acids is 1. The average Bonchev–Trinajstić information content (AvgIpc) is 2.72. The summed E-state index contributed by atoms with van der Waals surface area (Å²) in [6.45, 7) is 0.388. The zero-order valence-corrected chi connectivity index (χ0v) is 16.9. The Morgan fingerprint density at radius 3 is 2.32 bits per heavy atom. The second-order valence-electron chi connectivity index (χ2n) is 5.96. The lowest BCUT2D eigenvalue weighted by atomic mass is 10.1. The van der Waals surface area contributed by atoms with Gasteiger partial charge in [0.15, 0.2) is 0 Å².